The zero-order valence-corrected chi connectivity index (χ0v) is 8.50. The van der Waals surface area contributed by atoms with E-state index < -0.39 is 0 Å². The van der Waals surface area contributed by atoms with E-state index in [1.807, 2.05) is 6.07 Å². The Morgan fingerprint density at radius 3 is 2.87 bits per heavy atom. The Balaban J connectivity index is 2.11. The highest BCUT2D eigenvalue weighted by Crippen LogP contribution is 2.27. The third kappa shape index (κ3) is 2.29. The van der Waals surface area contributed by atoms with Gasteiger partial charge in [0.05, 0.1) is 0 Å². The first-order valence-corrected chi connectivity index (χ1v) is 5.18. The minimum absolute atomic E-state index is 0.434. The van der Waals surface area contributed by atoms with Gasteiger partial charge in [0.1, 0.15) is 0 Å². The summed E-state index contributed by atoms with van der Waals surface area (Å²) in [7, 11) is 0. The first kappa shape index (κ1) is 10.0. The van der Waals surface area contributed by atoms with Crippen molar-refractivity contribution in [2.45, 2.75) is 5.92 Å². The lowest BCUT2D eigenvalue weighted by atomic mass is 9.89. The van der Waals surface area contributed by atoms with Gasteiger partial charge in [0.25, 0.3) is 0 Å². The lowest BCUT2D eigenvalue weighted by molar-refractivity contribution is 0.530. The molecule has 1 heterocycles. The van der Waals surface area contributed by atoms with E-state index in [1.54, 1.807) is 0 Å². The second-order valence-corrected chi connectivity index (χ2v) is 3.85. The normalized spacial score (nSPS) is 24.8. The van der Waals surface area contributed by atoms with Crippen LogP contribution in [-0.2, 0) is 0 Å². The van der Waals surface area contributed by atoms with Gasteiger partial charge in [-0.25, -0.2) is 0 Å². The molecule has 4 nitrogen and oxygen atoms in total. The summed E-state index contributed by atoms with van der Waals surface area (Å²) in [5.41, 5.74) is 9.66. The van der Waals surface area contributed by atoms with Crippen molar-refractivity contribution in [2.75, 3.05) is 19.6 Å². The van der Waals surface area contributed by atoms with Gasteiger partial charge >= 0.3 is 0 Å². The van der Waals surface area contributed by atoms with Crippen LogP contribution in [0.4, 0.5) is 0 Å². The van der Waals surface area contributed by atoms with Gasteiger partial charge in [-0.1, -0.05) is 35.4 Å². The fraction of sp³-hybridized carbons (Fsp3) is 0.455. The Morgan fingerprint density at radius 2 is 2.13 bits per heavy atom. The van der Waals surface area contributed by atoms with Crippen LogP contribution in [0, 0.1) is 5.92 Å². The van der Waals surface area contributed by atoms with E-state index in [2.05, 4.69) is 39.6 Å². The van der Waals surface area contributed by atoms with E-state index in [0.29, 0.717) is 18.4 Å². The number of nitrogens with zero attached hydrogens (tertiary/aromatic N) is 3. The second kappa shape index (κ2) is 4.82. The molecule has 1 aromatic rings. The Bertz CT molecular complexity index is 356. The molecule has 0 aliphatic carbocycles. The fourth-order valence-corrected chi connectivity index (χ4v) is 2.16. The predicted molar refractivity (Wildman–Crippen MR) is 59.6 cm³/mol. The maximum absolute atomic E-state index is 8.32. The number of hydrogen-bond donors (Lipinski definition) is 1. The average Bonchev–Trinajstić information content (AvgIpc) is 2.75. The molecule has 0 spiro atoms. The molecule has 4 heteroatoms. The van der Waals surface area contributed by atoms with Crippen molar-refractivity contribution in [3.63, 3.8) is 0 Å². The Labute approximate surface area is 88.9 Å². The van der Waals surface area contributed by atoms with Gasteiger partial charge in [-0.05, 0) is 23.6 Å². The van der Waals surface area contributed by atoms with Gasteiger partial charge in [0, 0.05) is 23.9 Å². The fourth-order valence-electron chi connectivity index (χ4n) is 2.16. The summed E-state index contributed by atoms with van der Waals surface area (Å²) in [5.74, 6) is 0.917. The second-order valence-electron chi connectivity index (χ2n) is 3.85. The summed E-state index contributed by atoms with van der Waals surface area (Å²) >= 11 is 0. The van der Waals surface area contributed by atoms with Gasteiger partial charge in [0.15, 0.2) is 0 Å². The lowest BCUT2D eigenvalue weighted by Gasteiger charge is -2.16. The molecule has 15 heavy (non-hydrogen) atoms. The smallest absolute Gasteiger partial charge is 0.0304 e. The largest absolute Gasteiger partial charge is 0.316 e. The number of benzene rings is 1. The van der Waals surface area contributed by atoms with E-state index in [1.165, 1.54) is 5.56 Å². The van der Waals surface area contributed by atoms with Gasteiger partial charge < -0.3 is 5.32 Å². The molecule has 0 aromatic heterocycles. The standard InChI is InChI=1S/C11H14N4/c12-15-14-7-10-6-13-8-11(10)9-4-2-1-3-5-9/h1-5,10-11,13H,6-8H2/t10-,11-/m1/s1. The van der Waals surface area contributed by atoms with E-state index in [0.717, 1.165) is 13.1 Å². The summed E-state index contributed by atoms with van der Waals surface area (Å²) in [5, 5.41) is 7.02. The molecular weight excluding hydrogens is 188 g/mol. The van der Waals surface area contributed by atoms with Gasteiger partial charge in [-0.2, -0.15) is 0 Å². The molecular formula is C11H14N4. The van der Waals surface area contributed by atoms with Crippen LogP contribution in [-0.4, -0.2) is 19.6 Å². The maximum Gasteiger partial charge on any atom is 0.0304 e. The van der Waals surface area contributed by atoms with E-state index in [9.17, 15) is 0 Å². The van der Waals surface area contributed by atoms with E-state index >= 15 is 0 Å². The van der Waals surface area contributed by atoms with Crippen LogP contribution < -0.4 is 5.32 Å². The van der Waals surface area contributed by atoms with E-state index in [-0.39, 0.29) is 0 Å². The molecule has 0 bridgehead atoms. The predicted octanol–water partition coefficient (Wildman–Crippen LogP) is 2.30. The third-order valence-corrected chi connectivity index (χ3v) is 2.95. The summed E-state index contributed by atoms with van der Waals surface area (Å²) in [6.45, 7) is 2.51. The minimum Gasteiger partial charge on any atom is -0.316 e. The summed E-state index contributed by atoms with van der Waals surface area (Å²) in [6, 6.07) is 10.4. The van der Waals surface area contributed by atoms with Gasteiger partial charge in [-0.3, -0.25) is 0 Å². The van der Waals surface area contributed by atoms with Crippen molar-refractivity contribution in [1.29, 1.82) is 0 Å². The molecule has 78 valence electrons. The molecule has 1 saturated heterocycles. The summed E-state index contributed by atoms with van der Waals surface area (Å²) in [4.78, 5) is 2.82. The van der Waals surface area contributed by atoms with Crippen LogP contribution in [0.25, 0.3) is 10.4 Å². The van der Waals surface area contributed by atoms with Crippen molar-refractivity contribution in [3.8, 4) is 0 Å². The topological polar surface area (TPSA) is 60.8 Å². The van der Waals surface area contributed by atoms with Crippen molar-refractivity contribution in [3.05, 3.63) is 46.3 Å². The molecule has 2 rings (SSSR count). The van der Waals surface area contributed by atoms with Crippen LogP contribution in [0.3, 0.4) is 0 Å². The first-order chi connectivity index (χ1) is 7.42. The first-order valence-electron chi connectivity index (χ1n) is 5.18. The van der Waals surface area contributed by atoms with Crippen LogP contribution >= 0.6 is 0 Å². The van der Waals surface area contributed by atoms with Gasteiger partial charge in [-0.15, -0.1) is 0 Å². The van der Waals surface area contributed by atoms with Crippen LogP contribution in [0.15, 0.2) is 35.4 Å². The number of hydrogen-bond acceptors (Lipinski definition) is 2. The molecule has 1 N–H and O–H groups in total. The molecule has 0 saturated carbocycles. The SMILES string of the molecule is [N-]=[N+]=NC[C@H]1CNC[C@@H]1c1ccccc1. The Kier molecular flexibility index (Phi) is 3.22. The molecule has 1 aromatic carbocycles. The summed E-state index contributed by atoms with van der Waals surface area (Å²) < 4.78 is 0. The lowest BCUT2D eigenvalue weighted by Crippen LogP contribution is -2.13. The van der Waals surface area contributed by atoms with Crippen molar-refractivity contribution in [2.24, 2.45) is 11.0 Å². The van der Waals surface area contributed by atoms with E-state index in [4.69, 9.17) is 5.53 Å². The molecule has 2 atom stereocenters. The third-order valence-electron chi connectivity index (χ3n) is 2.95. The molecule has 1 fully saturated rings. The minimum atomic E-state index is 0.434. The monoisotopic (exact) mass is 202 g/mol. The van der Waals surface area contributed by atoms with Gasteiger partial charge in [0.2, 0.25) is 0 Å². The van der Waals surface area contributed by atoms with Crippen LogP contribution in [0.2, 0.25) is 0 Å². The number of nitrogens with one attached hydrogen (secondary N) is 1. The molecule has 0 amide bonds. The maximum atomic E-state index is 8.32. The van der Waals surface area contributed by atoms with Crippen LogP contribution in [0.5, 0.6) is 0 Å². The Morgan fingerprint density at radius 1 is 1.33 bits per heavy atom. The zero-order valence-electron chi connectivity index (χ0n) is 8.50. The van der Waals surface area contributed by atoms with Crippen molar-refractivity contribution >= 4 is 0 Å². The Hall–Kier alpha value is -1.51. The number of rotatable bonds is 3. The van der Waals surface area contributed by atoms with Crippen molar-refractivity contribution in [1.82, 2.24) is 5.32 Å². The molecule has 1 aliphatic heterocycles. The van der Waals surface area contributed by atoms with Crippen LogP contribution in [0.1, 0.15) is 11.5 Å². The highest BCUT2D eigenvalue weighted by atomic mass is 15.1. The highest BCUT2D eigenvalue weighted by molar-refractivity contribution is 5.22. The molecule has 1 aliphatic rings. The molecule has 0 radical (unpaired) electrons. The molecule has 0 unspecified atom stereocenters. The quantitative estimate of drug-likeness (QED) is 0.456. The average molecular weight is 202 g/mol. The highest BCUT2D eigenvalue weighted by Gasteiger charge is 2.27. The summed E-state index contributed by atoms with van der Waals surface area (Å²) in [6.07, 6.45) is 0. The number of azide groups is 1. The zero-order chi connectivity index (χ0) is 10.5. The van der Waals surface area contributed by atoms with Crippen molar-refractivity contribution < 1.29 is 0 Å².